The standard InChI is InChI=1S/C21H27N3O2S/c1-2-22-20(23-15-16-27(25,26)19-11-7-4-8-12-19)24-17-21(13-14-21)18-9-5-3-6-10-18/h3-12H,2,13-17H2,1H3,(H2,22,23,24). The number of sulfone groups is 1. The topological polar surface area (TPSA) is 70.6 Å². The lowest BCUT2D eigenvalue weighted by Crippen LogP contribution is -2.40. The fourth-order valence-electron chi connectivity index (χ4n) is 3.10. The van der Waals surface area contributed by atoms with Gasteiger partial charge in [0.2, 0.25) is 0 Å². The number of nitrogens with one attached hydrogen (secondary N) is 2. The normalized spacial score (nSPS) is 16.0. The molecule has 3 rings (SSSR count). The second-order valence-electron chi connectivity index (χ2n) is 6.90. The Hall–Kier alpha value is -2.34. The van der Waals surface area contributed by atoms with Crippen LogP contribution in [0.5, 0.6) is 0 Å². The van der Waals surface area contributed by atoms with Crippen LogP contribution in [0.3, 0.4) is 0 Å². The first-order valence-electron chi connectivity index (χ1n) is 9.41. The number of hydrogen-bond acceptors (Lipinski definition) is 3. The molecule has 0 bridgehead atoms. The van der Waals surface area contributed by atoms with Gasteiger partial charge in [-0.2, -0.15) is 0 Å². The maximum Gasteiger partial charge on any atom is 0.191 e. The minimum atomic E-state index is -3.29. The van der Waals surface area contributed by atoms with E-state index in [1.807, 2.05) is 19.1 Å². The molecule has 0 spiro atoms. The molecular weight excluding hydrogens is 358 g/mol. The van der Waals surface area contributed by atoms with Gasteiger partial charge in [-0.15, -0.1) is 0 Å². The highest BCUT2D eigenvalue weighted by Crippen LogP contribution is 2.48. The molecule has 2 N–H and O–H groups in total. The van der Waals surface area contributed by atoms with Crippen LogP contribution in [-0.4, -0.2) is 39.8 Å². The zero-order valence-electron chi connectivity index (χ0n) is 15.7. The number of guanidine groups is 1. The van der Waals surface area contributed by atoms with Crippen molar-refractivity contribution >= 4 is 15.8 Å². The van der Waals surface area contributed by atoms with Crippen molar-refractivity contribution in [2.24, 2.45) is 4.99 Å². The smallest absolute Gasteiger partial charge is 0.191 e. The lowest BCUT2D eigenvalue weighted by atomic mass is 9.96. The third-order valence-electron chi connectivity index (χ3n) is 4.89. The van der Waals surface area contributed by atoms with E-state index in [2.05, 4.69) is 34.9 Å². The second kappa shape index (κ2) is 8.57. The van der Waals surface area contributed by atoms with Gasteiger partial charge in [0.15, 0.2) is 15.8 Å². The van der Waals surface area contributed by atoms with E-state index in [9.17, 15) is 8.42 Å². The Morgan fingerprint density at radius 2 is 1.63 bits per heavy atom. The Balaban J connectivity index is 1.59. The van der Waals surface area contributed by atoms with Crippen molar-refractivity contribution in [3.63, 3.8) is 0 Å². The van der Waals surface area contributed by atoms with E-state index in [4.69, 9.17) is 4.99 Å². The Bertz CT molecular complexity index is 861. The van der Waals surface area contributed by atoms with Gasteiger partial charge >= 0.3 is 0 Å². The Kier molecular flexibility index (Phi) is 6.16. The molecule has 144 valence electrons. The zero-order valence-corrected chi connectivity index (χ0v) is 16.5. The molecule has 0 saturated heterocycles. The van der Waals surface area contributed by atoms with Crippen LogP contribution in [0.25, 0.3) is 0 Å². The van der Waals surface area contributed by atoms with Crippen molar-refractivity contribution in [3.8, 4) is 0 Å². The van der Waals surface area contributed by atoms with E-state index in [0.717, 1.165) is 19.4 Å². The summed E-state index contributed by atoms with van der Waals surface area (Å²) in [6, 6.07) is 19.0. The van der Waals surface area contributed by atoms with Crippen LogP contribution < -0.4 is 10.6 Å². The van der Waals surface area contributed by atoms with Crippen LogP contribution in [-0.2, 0) is 15.3 Å². The molecule has 0 radical (unpaired) electrons. The van der Waals surface area contributed by atoms with Gasteiger partial charge in [0, 0.05) is 18.5 Å². The van der Waals surface area contributed by atoms with Gasteiger partial charge in [0.1, 0.15) is 0 Å². The molecule has 27 heavy (non-hydrogen) atoms. The van der Waals surface area contributed by atoms with Crippen LogP contribution in [0.4, 0.5) is 0 Å². The molecule has 1 fully saturated rings. The number of nitrogens with zero attached hydrogens (tertiary/aromatic N) is 1. The molecule has 0 aliphatic heterocycles. The van der Waals surface area contributed by atoms with Crippen molar-refractivity contribution < 1.29 is 8.42 Å². The van der Waals surface area contributed by atoms with E-state index in [1.165, 1.54) is 5.56 Å². The van der Waals surface area contributed by atoms with Crippen LogP contribution in [0, 0.1) is 0 Å². The summed E-state index contributed by atoms with van der Waals surface area (Å²) in [7, 11) is -3.29. The molecule has 2 aromatic rings. The van der Waals surface area contributed by atoms with Gasteiger partial charge in [-0.1, -0.05) is 48.5 Å². The third-order valence-corrected chi connectivity index (χ3v) is 6.62. The van der Waals surface area contributed by atoms with Crippen molar-refractivity contribution in [2.75, 3.05) is 25.4 Å². The van der Waals surface area contributed by atoms with E-state index < -0.39 is 9.84 Å². The molecule has 1 saturated carbocycles. The van der Waals surface area contributed by atoms with Crippen molar-refractivity contribution in [2.45, 2.75) is 30.1 Å². The molecule has 1 aliphatic rings. The van der Waals surface area contributed by atoms with E-state index in [-0.39, 0.29) is 11.2 Å². The summed E-state index contributed by atoms with van der Waals surface area (Å²) >= 11 is 0. The highest BCUT2D eigenvalue weighted by atomic mass is 32.2. The molecule has 2 aromatic carbocycles. The Labute approximate surface area is 161 Å². The van der Waals surface area contributed by atoms with E-state index >= 15 is 0 Å². The average molecular weight is 386 g/mol. The van der Waals surface area contributed by atoms with Gasteiger partial charge in [-0.3, -0.25) is 4.99 Å². The molecular formula is C21H27N3O2S. The molecule has 0 unspecified atom stereocenters. The van der Waals surface area contributed by atoms with Crippen molar-refractivity contribution in [1.29, 1.82) is 0 Å². The molecule has 0 heterocycles. The van der Waals surface area contributed by atoms with Crippen molar-refractivity contribution in [3.05, 3.63) is 66.2 Å². The maximum absolute atomic E-state index is 12.4. The maximum atomic E-state index is 12.4. The summed E-state index contributed by atoms with van der Waals surface area (Å²) in [6.07, 6.45) is 2.28. The highest BCUT2D eigenvalue weighted by molar-refractivity contribution is 7.91. The summed E-state index contributed by atoms with van der Waals surface area (Å²) in [5.74, 6) is 0.702. The summed E-state index contributed by atoms with van der Waals surface area (Å²) < 4.78 is 24.8. The van der Waals surface area contributed by atoms with Crippen LogP contribution in [0.1, 0.15) is 25.3 Å². The predicted molar refractivity (Wildman–Crippen MR) is 110 cm³/mol. The van der Waals surface area contributed by atoms with Crippen LogP contribution in [0.2, 0.25) is 0 Å². The SMILES string of the molecule is CCNC(=NCC1(c2ccccc2)CC1)NCCS(=O)(=O)c1ccccc1. The number of rotatable bonds is 8. The summed E-state index contributed by atoms with van der Waals surface area (Å²) in [5, 5.41) is 6.36. The highest BCUT2D eigenvalue weighted by Gasteiger charge is 2.43. The lowest BCUT2D eigenvalue weighted by Gasteiger charge is -2.16. The summed E-state index contributed by atoms with van der Waals surface area (Å²) in [5.41, 5.74) is 1.47. The fraction of sp³-hybridized carbons (Fsp3) is 0.381. The van der Waals surface area contributed by atoms with Gasteiger partial charge in [-0.25, -0.2) is 8.42 Å². The number of benzene rings is 2. The van der Waals surface area contributed by atoms with Gasteiger partial charge < -0.3 is 10.6 Å². The van der Waals surface area contributed by atoms with Crippen molar-refractivity contribution in [1.82, 2.24) is 10.6 Å². The summed E-state index contributed by atoms with van der Waals surface area (Å²) in [4.78, 5) is 5.07. The van der Waals surface area contributed by atoms with E-state index in [1.54, 1.807) is 24.3 Å². The first kappa shape index (κ1) is 19.4. The second-order valence-corrected chi connectivity index (χ2v) is 9.01. The first-order chi connectivity index (χ1) is 13.1. The molecule has 6 heteroatoms. The number of hydrogen-bond donors (Lipinski definition) is 2. The monoisotopic (exact) mass is 385 g/mol. The van der Waals surface area contributed by atoms with Crippen LogP contribution >= 0.6 is 0 Å². The minimum Gasteiger partial charge on any atom is -0.357 e. The Morgan fingerprint density at radius 1 is 1.00 bits per heavy atom. The molecule has 1 aliphatic carbocycles. The quantitative estimate of drug-likeness (QED) is 0.541. The third kappa shape index (κ3) is 5.10. The molecule has 0 atom stereocenters. The average Bonchev–Trinajstić information content (AvgIpc) is 3.49. The predicted octanol–water partition coefficient (Wildman–Crippen LogP) is 2.75. The van der Waals surface area contributed by atoms with Gasteiger partial charge in [0.25, 0.3) is 0 Å². The fourth-order valence-corrected chi connectivity index (χ4v) is 4.28. The summed E-state index contributed by atoms with van der Waals surface area (Å²) in [6.45, 7) is 3.76. The minimum absolute atomic E-state index is 0.0330. The Morgan fingerprint density at radius 3 is 2.22 bits per heavy atom. The molecule has 0 aromatic heterocycles. The van der Waals surface area contributed by atoms with Gasteiger partial charge in [0.05, 0.1) is 17.2 Å². The largest absolute Gasteiger partial charge is 0.357 e. The first-order valence-corrected chi connectivity index (χ1v) is 11.1. The molecule has 5 nitrogen and oxygen atoms in total. The zero-order chi connectivity index (χ0) is 19.2. The number of aliphatic imine (C=N–C) groups is 1. The van der Waals surface area contributed by atoms with Gasteiger partial charge in [-0.05, 0) is 37.5 Å². The molecule has 0 amide bonds. The van der Waals surface area contributed by atoms with E-state index in [0.29, 0.717) is 23.9 Å². The lowest BCUT2D eigenvalue weighted by molar-refractivity contribution is 0.594. The van der Waals surface area contributed by atoms with Crippen LogP contribution in [0.15, 0.2) is 70.6 Å².